The van der Waals surface area contributed by atoms with Crippen LogP contribution in [-0.4, -0.2) is 4.98 Å². The molecule has 3 aromatic rings. The molecule has 0 bridgehead atoms. The summed E-state index contributed by atoms with van der Waals surface area (Å²) in [6, 6.07) is 12.8. The van der Waals surface area contributed by atoms with Gasteiger partial charge in [0.25, 0.3) is 5.56 Å². The van der Waals surface area contributed by atoms with E-state index in [1.165, 1.54) is 6.07 Å². The summed E-state index contributed by atoms with van der Waals surface area (Å²) in [5, 5.41) is 0. The fourth-order valence-electron chi connectivity index (χ4n) is 2.38. The zero-order chi connectivity index (χ0) is 18.0. The van der Waals surface area contributed by atoms with Crippen molar-refractivity contribution in [3.63, 3.8) is 0 Å². The lowest BCUT2D eigenvalue weighted by atomic mass is 10.0. The second-order valence-corrected chi connectivity index (χ2v) is 5.42. The molecule has 0 unspecified atom stereocenters. The Morgan fingerprint density at radius 3 is 2.56 bits per heavy atom. The lowest BCUT2D eigenvalue weighted by Crippen LogP contribution is -2.12. The number of H-pyrrole nitrogens is 1. The van der Waals surface area contributed by atoms with Crippen LogP contribution in [0.1, 0.15) is 5.56 Å². The smallest absolute Gasteiger partial charge is 0.286 e. The molecule has 0 fully saturated rings. The molecule has 0 radical (unpaired) electrons. The molecular weight excluding hydrogens is 328 g/mol. The second kappa shape index (κ2) is 6.74. The lowest BCUT2D eigenvalue weighted by molar-refractivity contribution is 0.414. The van der Waals surface area contributed by atoms with Gasteiger partial charge in [0.05, 0.1) is 0 Å². The zero-order valence-corrected chi connectivity index (χ0v) is 13.1. The number of halogens is 2. The van der Waals surface area contributed by atoms with Gasteiger partial charge in [-0.3, -0.25) is 9.78 Å². The summed E-state index contributed by atoms with van der Waals surface area (Å²) in [5.41, 5.74) is 13.4. The average Bonchev–Trinajstić information content (AvgIpc) is 2.59. The molecule has 0 aliphatic carbocycles. The van der Waals surface area contributed by atoms with Crippen LogP contribution in [0.25, 0.3) is 11.1 Å². The first-order valence-electron chi connectivity index (χ1n) is 7.42. The highest BCUT2D eigenvalue weighted by Gasteiger charge is 2.12. The Labute approximate surface area is 141 Å². The van der Waals surface area contributed by atoms with Gasteiger partial charge in [-0.1, -0.05) is 18.2 Å². The monoisotopic (exact) mass is 343 g/mol. The number of ether oxygens (including phenoxy) is 1. The van der Waals surface area contributed by atoms with Gasteiger partial charge >= 0.3 is 0 Å². The Kier molecular flexibility index (Phi) is 4.49. The third-order valence-electron chi connectivity index (χ3n) is 3.56. The minimum Gasteiger partial charge on any atom is -0.438 e. The van der Waals surface area contributed by atoms with Gasteiger partial charge in [-0.2, -0.15) is 0 Å². The standard InChI is InChI=1S/C18H15F2N3O2/c19-15-8-16(20)18(23-17(15)24)25-14-6-12(5-13(22)7-14)11-3-1-2-10(4-11)9-21/h1-8H,9,21-22H2,(H,23,24). The zero-order valence-electron chi connectivity index (χ0n) is 13.1. The summed E-state index contributed by atoms with van der Waals surface area (Å²) in [4.78, 5) is 13.3. The molecule has 5 N–H and O–H groups in total. The van der Waals surface area contributed by atoms with Crippen molar-refractivity contribution in [2.75, 3.05) is 5.73 Å². The summed E-state index contributed by atoms with van der Waals surface area (Å²) in [6.07, 6.45) is 0. The molecule has 0 aliphatic heterocycles. The van der Waals surface area contributed by atoms with Crippen LogP contribution in [0.2, 0.25) is 0 Å². The van der Waals surface area contributed by atoms with Gasteiger partial charge < -0.3 is 16.2 Å². The van der Waals surface area contributed by atoms with E-state index in [0.717, 1.165) is 16.7 Å². The van der Waals surface area contributed by atoms with E-state index in [1.54, 1.807) is 12.1 Å². The molecule has 2 aromatic carbocycles. The molecule has 128 valence electrons. The van der Waals surface area contributed by atoms with Gasteiger partial charge in [0, 0.05) is 24.4 Å². The molecule has 1 aromatic heterocycles. The fourth-order valence-corrected chi connectivity index (χ4v) is 2.38. The van der Waals surface area contributed by atoms with E-state index < -0.39 is 23.1 Å². The minimum absolute atomic E-state index is 0.203. The summed E-state index contributed by atoms with van der Waals surface area (Å²) in [5.74, 6) is -2.53. The minimum atomic E-state index is -1.23. The number of nitrogens with two attached hydrogens (primary N) is 2. The van der Waals surface area contributed by atoms with Crippen LogP contribution in [0.4, 0.5) is 14.5 Å². The van der Waals surface area contributed by atoms with Crippen LogP contribution in [0.15, 0.2) is 53.3 Å². The molecule has 0 spiro atoms. The maximum Gasteiger partial charge on any atom is 0.286 e. The van der Waals surface area contributed by atoms with Crippen molar-refractivity contribution in [2.45, 2.75) is 6.54 Å². The van der Waals surface area contributed by atoms with Crippen molar-refractivity contribution in [3.05, 3.63) is 76.1 Å². The van der Waals surface area contributed by atoms with Crippen LogP contribution in [0.5, 0.6) is 11.6 Å². The molecule has 7 heteroatoms. The number of anilines is 1. The molecule has 3 rings (SSSR count). The molecule has 0 amide bonds. The first-order chi connectivity index (χ1) is 12.0. The fraction of sp³-hybridized carbons (Fsp3) is 0.0556. The largest absolute Gasteiger partial charge is 0.438 e. The SMILES string of the molecule is NCc1cccc(-c2cc(N)cc(Oc3[nH]c(=O)c(F)cc3F)c2)c1. The van der Waals surface area contributed by atoms with Crippen LogP contribution in [0, 0.1) is 11.6 Å². The van der Waals surface area contributed by atoms with Crippen molar-refractivity contribution in [2.24, 2.45) is 5.73 Å². The van der Waals surface area contributed by atoms with Gasteiger partial charge in [-0.15, -0.1) is 0 Å². The molecule has 5 nitrogen and oxygen atoms in total. The third kappa shape index (κ3) is 3.67. The van der Waals surface area contributed by atoms with E-state index in [2.05, 4.69) is 0 Å². The molecule has 0 aliphatic rings. The van der Waals surface area contributed by atoms with E-state index in [4.69, 9.17) is 16.2 Å². The number of hydrogen-bond donors (Lipinski definition) is 3. The van der Waals surface area contributed by atoms with Gasteiger partial charge in [0.15, 0.2) is 11.6 Å². The summed E-state index contributed by atoms with van der Waals surface area (Å²) in [6.45, 7) is 0.390. The first-order valence-corrected chi connectivity index (χ1v) is 7.42. The first kappa shape index (κ1) is 16.7. The van der Waals surface area contributed by atoms with Crippen LogP contribution in [-0.2, 0) is 6.54 Å². The number of benzene rings is 2. The number of aromatic nitrogens is 1. The van der Waals surface area contributed by atoms with Crippen molar-refractivity contribution in [1.29, 1.82) is 0 Å². The highest BCUT2D eigenvalue weighted by atomic mass is 19.1. The quantitative estimate of drug-likeness (QED) is 0.634. The summed E-state index contributed by atoms with van der Waals surface area (Å²) >= 11 is 0. The Hall–Kier alpha value is -3.19. The highest BCUT2D eigenvalue weighted by Crippen LogP contribution is 2.30. The summed E-state index contributed by atoms with van der Waals surface area (Å²) < 4.78 is 32.2. The molecule has 0 saturated heterocycles. The lowest BCUT2D eigenvalue weighted by Gasteiger charge is -2.10. The van der Waals surface area contributed by atoms with E-state index in [1.807, 2.05) is 29.2 Å². The van der Waals surface area contributed by atoms with Gasteiger partial charge in [-0.25, -0.2) is 8.78 Å². The van der Waals surface area contributed by atoms with Gasteiger partial charge in [0.1, 0.15) is 5.75 Å². The molecular formula is C18H15F2N3O2. The van der Waals surface area contributed by atoms with E-state index in [-0.39, 0.29) is 5.75 Å². The number of nitrogen functional groups attached to an aromatic ring is 1. The van der Waals surface area contributed by atoms with E-state index in [0.29, 0.717) is 18.3 Å². The number of rotatable bonds is 4. The second-order valence-electron chi connectivity index (χ2n) is 5.42. The number of hydrogen-bond acceptors (Lipinski definition) is 4. The van der Waals surface area contributed by atoms with Gasteiger partial charge in [0.2, 0.25) is 5.88 Å². The predicted molar refractivity (Wildman–Crippen MR) is 91.2 cm³/mol. The number of aromatic amines is 1. The Balaban J connectivity index is 2.00. The van der Waals surface area contributed by atoms with Crippen molar-refractivity contribution in [1.82, 2.24) is 4.98 Å². The summed E-state index contributed by atoms with van der Waals surface area (Å²) in [7, 11) is 0. The number of nitrogens with one attached hydrogen (secondary N) is 1. The van der Waals surface area contributed by atoms with Crippen molar-refractivity contribution >= 4 is 5.69 Å². The van der Waals surface area contributed by atoms with Crippen LogP contribution >= 0.6 is 0 Å². The van der Waals surface area contributed by atoms with Crippen LogP contribution in [0.3, 0.4) is 0 Å². The molecule has 1 heterocycles. The van der Waals surface area contributed by atoms with Crippen LogP contribution < -0.4 is 21.8 Å². The predicted octanol–water partition coefficient (Wildman–Crippen LogP) is 3.15. The third-order valence-corrected chi connectivity index (χ3v) is 3.56. The molecule has 25 heavy (non-hydrogen) atoms. The van der Waals surface area contributed by atoms with E-state index in [9.17, 15) is 13.6 Å². The Morgan fingerprint density at radius 2 is 1.80 bits per heavy atom. The Morgan fingerprint density at radius 1 is 1.00 bits per heavy atom. The number of pyridine rings is 1. The Bertz CT molecular complexity index is 986. The van der Waals surface area contributed by atoms with E-state index >= 15 is 0 Å². The molecule has 0 saturated carbocycles. The maximum absolute atomic E-state index is 13.8. The van der Waals surface area contributed by atoms with Crippen molar-refractivity contribution < 1.29 is 13.5 Å². The topological polar surface area (TPSA) is 94.1 Å². The van der Waals surface area contributed by atoms with Gasteiger partial charge in [-0.05, 0) is 34.9 Å². The normalized spacial score (nSPS) is 10.7. The molecule has 0 atom stereocenters. The van der Waals surface area contributed by atoms with Crippen molar-refractivity contribution in [3.8, 4) is 22.8 Å². The maximum atomic E-state index is 13.8. The average molecular weight is 343 g/mol. The highest BCUT2D eigenvalue weighted by molar-refractivity contribution is 5.70.